The highest BCUT2D eigenvalue weighted by Crippen LogP contribution is 2.42. The molecule has 0 aromatic rings. The fraction of sp³-hybridized carbons (Fsp3) is 0.896. The average Bonchev–Trinajstić information content (AvgIpc) is 3.33. The molecule has 0 aromatic carbocycles. The molecule has 0 radical (unpaired) electrons. The molecule has 1 heterocycles. The van der Waals surface area contributed by atoms with E-state index in [1.165, 1.54) is 77.0 Å². The third kappa shape index (κ3) is 22.4. The fourth-order valence-corrected chi connectivity index (χ4v) is 9.41. The summed E-state index contributed by atoms with van der Waals surface area (Å²) in [7, 11) is 0. The number of amides is 1. The third-order valence-electron chi connectivity index (χ3n) is 12.3. The van der Waals surface area contributed by atoms with Crippen LogP contribution in [-0.2, 0) is 33.4 Å². The molecule has 1 saturated carbocycles. The van der Waals surface area contributed by atoms with Crippen molar-refractivity contribution in [1.29, 1.82) is 0 Å². The summed E-state index contributed by atoms with van der Waals surface area (Å²) in [5.74, 6) is -3.29. The van der Waals surface area contributed by atoms with Crippen molar-refractivity contribution in [2.45, 2.75) is 201 Å². The first-order valence-corrected chi connectivity index (χ1v) is 24.1. The molecule has 61 heavy (non-hydrogen) atoms. The Morgan fingerprint density at radius 1 is 0.574 bits per heavy atom. The van der Waals surface area contributed by atoms with Gasteiger partial charge in [-0.25, -0.2) is 0 Å². The molecule has 1 aliphatic heterocycles. The van der Waals surface area contributed by atoms with Crippen LogP contribution in [0.15, 0.2) is 0 Å². The number of hydrogen-bond acceptors (Lipinski definition) is 10. The van der Waals surface area contributed by atoms with E-state index in [9.17, 15) is 34.2 Å². The first kappa shape index (κ1) is 54.4. The SMILES string of the molecule is CCCCCCCCCCN(CCCCCCCCCC)C(=O)[C@H]1CC[C@H](C2(N(CC(=O)OC(C)(C)C)CC(=O)OC(C)(C)C)CN(CC(=O)O)CCN(CC(=O)O)C2)CC1. The first-order chi connectivity index (χ1) is 28.8. The molecule has 0 atom stereocenters. The summed E-state index contributed by atoms with van der Waals surface area (Å²) in [6.45, 7) is 16.5. The van der Waals surface area contributed by atoms with Crippen LogP contribution in [0.25, 0.3) is 0 Å². The van der Waals surface area contributed by atoms with Gasteiger partial charge in [0, 0.05) is 45.2 Å². The van der Waals surface area contributed by atoms with E-state index in [0.29, 0.717) is 38.8 Å². The molecule has 1 aliphatic carbocycles. The number of carboxylic acids is 2. The van der Waals surface area contributed by atoms with Gasteiger partial charge in [-0.3, -0.25) is 38.7 Å². The Balaban J connectivity index is 2.44. The molecule has 0 bridgehead atoms. The van der Waals surface area contributed by atoms with Gasteiger partial charge in [0.1, 0.15) is 11.2 Å². The average molecular weight is 865 g/mol. The van der Waals surface area contributed by atoms with Crippen molar-refractivity contribution in [2.24, 2.45) is 11.8 Å². The number of esters is 2. The zero-order valence-corrected chi connectivity index (χ0v) is 39.9. The van der Waals surface area contributed by atoms with E-state index >= 15 is 0 Å². The summed E-state index contributed by atoms with van der Waals surface area (Å²) < 4.78 is 11.6. The lowest BCUT2D eigenvalue weighted by Crippen LogP contribution is -2.66. The topological polar surface area (TPSA) is 157 Å². The summed E-state index contributed by atoms with van der Waals surface area (Å²) in [6, 6.07) is 0. The van der Waals surface area contributed by atoms with E-state index in [2.05, 4.69) is 18.7 Å². The van der Waals surface area contributed by atoms with Gasteiger partial charge in [0.2, 0.25) is 5.91 Å². The van der Waals surface area contributed by atoms with Gasteiger partial charge < -0.3 is 24.6 Å². The molecule has 1 amide bonds. The lowest BCUT2D eigenvalue weighted by atomic mass is 9.69. The van der Waals surface area contributed by atoms with E-state index in [-0.39, 0.29) is 57.0 Å². The molecule has 2 aliphatic rings. The van der Waals surface area contributed by atoms with E-state index < -0.39 is 40.6 Å². The standard InChI is InChI=1S/C48H88N4O9/c1-9-11-13-15-17-19-21-23-29-51(30-24-22-20-18-16-14-12-10-2)45(59)39-25-27-40(28-26-39)48(37-49(33-41(53)54)31-32-50(38-48)34-42(55)56)52(35-43(57)60-46(3,4)5)36-44(58)61-47(6,7)8/h39-40H,9-38H2,1-8H3,(H,53,54)(H,55,56)/t39-,40-. The number of nitrogens with zero attached hydrogens (tertiary/aromatic N) is 4. The van der Waals surface area contributed by atoms with Crippen molar-refractivity contribution in [3.8, 4) is 0 Å². The highest BCUT2D eigenvalue weighted by molar-refractivity contribution is 5.79. The molecule has 0 spiro atoms. The molecule has 2 rings (SSSR count). The van der Waals surface area contributed by atoms with Crippen LogP contribution >= 0.6 is 0 Å². The molecule has 13 heteroatoms. The zero-order valence-electron chi connectivity index (χ0n) is 39.9. The Bertz CT molecular complexity index is 1230. The second kappa shape index (κ2) is 28.1. The Labute approximate surface area is 370 Å². The molecule has 1 saturated heterocycles. The molecular weight excluding hydrogens is 777 g/mol. The zero-order chi connectivity index (χ0) is 45.5. The molecule has 0 aromatic heterocycles. The van der Waals surface area contributed by atoms with Crippen LogP contribution in [0.5, 0.6) is 0 Å². The predicted molar refractivity (Wildman–Crippen MR) is 241 cm³/mol. The van der Waals surface area contributed by atoms with Gasteiger partial charge in [-0.1, -0.05) is 104 Å². The van der Waals surface area contributed by atoms with Crippen LogP contribution in [-0.4, -0.2) is 142 Å². The lowest BCUT2D eigenvalue weighted by Gasteiger charge is -2.52. The number of carboxylic acid groups (broad SMARTS) is 2. The van der Waals surface area contributed by atoms with E-state index in [1.807, 2.05) is 0 Å². The maximum absolute atomic E-state index is 14.5. The summed E-state index contributed by atoms with van der Waals surface area (Å²) in [5.41, 5.74) is -2.65. The van der Waals surface area contributed by atoms with Gasteiger partial charge in [-0.05, 0) is 86.0 Å². The van der Waals surface area contributed by atoms with Crippen LogP contribution in [0.2, 0.25) is 0 Å². The van der Waals surface area contributed by atoms with Crippen molar-refractivity contribution >= 4 is 29.8 Å². The minimum atomic E-state index is -1.04. The molecule has 2 N–H and O–H groups in total. The number of aliphatic carboxylic acids is 2. The predicted octanol–water partition coefficient (Wildman–Crippen LogP) is 8.41. The van der Waals surface area contributed by atoms with Crippen molar-refractivity contribution in [2.75, 3.05) is 65.4 Å². The maximum atomic E-state index is 14.5. The number of ether oxygens (including phenoxy) is 2. The summed E-state index contributed by atoms with van der Waals surface area (Å²) in [6.07, 6.45) is 21.7. The molecule has 13 nitrogen and oxygen atoms in total. The Kier molecular flexibility index (Phi) is 25.1. The van der Waals surface area contributed by atoms with Crippen molar-refractivity contribution in [3.05, 3.63) is 0 Å². The number of carbonyl (C=O) groups excluding carboxylic acids is 3. The van der Waals surface area contributed by atoms with Gasteiger partial charge in [-0.15, -0.1) is 0 Å². The normalized spacial score (nSPS) is 19.0. The van der Waals surface area contributed by atoms with Crippen molar-refractivity contribution in [1.82, 2.24) is 19.6 Å². The Hall–Kier alpha value is -2.77. The minimum Gasteiger partial charge on any atom is -0.480 e. The largest absolute Gasteiger partial charge is 0.480 e. The molecule has 0 unspecified atom stereocenters. The summed E-state index contributed by atoms with van der Waals surface area (Å²) >= 11 is 0. The second-order valence-corrected chi connectivity index (χ2v) is 20.2. The van der Waals surface area contributed by atoms with Gasteiger partial charge in [0.05, 0.1) is 31.7 Å². The lowest BCUT2D eigenvalue weighted by molar-refractivity contribution is -0.166. The van der Waals surface area contributed by atoms with Gasteiger partial charge in [0.25, 0.3) is 0 Å². The minimum absolute atomic E-state index is 0.169. The highest BCUT2D eigenvalue weighted by Gasteiger charge is 2.51. The van der Waals surface area contributed by atoms with Gasteiger partial charge in [-0.2, -0.15) is 0 Å². The van der Waals surface area contributed by atoms with Crippen LogP contribution in [0.1, 0.15) is 184 Å². The number of carbonyl (C=O) groups is 5. The Morgan fingerprint density at radius 3 is 1.28 bits per heavy atom. The van der Waals surface area contributed by atoms with Crippen LogP contribution < -0.4 is 0 Å². The monoisotopic (exact) mass is 865 g/mol. The second-order valence-electron chi connectivity index (χ2n) is 20.2. The van der Waals surface area contributed by atoms with Crippen LogP contribution in [0.4, 0.5) is 0 Å². The molecule has 2 fully saturated rings. The van der Waals surface area contributed by atoms with E-state index in [1.54, 1.807) is 56.2 Å². The summed E-state index contributed by atoms with van der Waals surface area (Å²) in [4.78, 5) is 73.9. The highest BCUT2D eigenvalue weighted by atomic mass is 16.6. The first-order valence-electron chi connectivity index (χ1n) is 24.1. The smallest absolute Gasteiger partial charge is 0.320 e. The van der Waals surface area contributed by atoms with Gasteiger partial charge in [0.15, 0.2) is 0 Å². The third-order valence-corrected chi connectivity index (χ3v) is 12.3. The van der Waals surface area contributed by atoms with Gasteiger partial charge >= 0.3 is 23.9 Å². The maximum Gasteiger partial charge on any atom is 0.320 e. The fourth-order valence-electron chi connectivity index (χ4n) is 9.41. The number of rotatable bonds is 29. The van der Waals surface area contributed by atoms with E-state index in [4.69, 9.17) is 9.47 Å². The number of unbranched alkanes of at least 4 members (excludes halogenated alkanes) is 14. The van der Waals surface area contributed by atoms with Crippen LogP contribution in [0.3, 0.4) is 0 Å². The summed E-state index contributed by atoms with van der Waals surface area (Å²) in [5, 5.41) is 20.0. The molecular formula is C48H88N4O9. The van der Waals surface area contributed by atoms with Crippen LogP contribution in [0, 0.1) is 11.8 Å². The van der Waals surface area contributed by atoms with E-state index in [0.717, 1.165) is 38.8 Å². The number of hydrogen-bond donors (Lipinski definition) is 2. The van der Waals surface area contributed by atoms with Crippen molar-refractivity contribution in [3.63, 3.8) is 0 Å². The van der Waals surface area contributed by atoms with Crippen molar-refractivity contribution < 1.29 is 43.7 Å². The quantitative estimate of drug-likeness (QED) is 0.0548. The molecule has 354 valence electrons. The Morgan fingerprint density at radius 2 is 0.934 bits per heavy atom.